The van der Waals surface area contributed by atoms with Gasteiger partial charge in [-0.3, -0.25) is 0 Å². The summed E-state index contributed by atoms with van der Waals surface area (Å²) in [6, 6.07) is 3.42. The number of hydrogen-bond acceptors (Lipinski definition) is 3. The Labute approximate surface area is 109 Å². The maximum Gasteiger partial charge on any atom is 0.245 e. The number of rotatable bonds is 2. The quantitative estimate of drug-likeness (QED) is 0.833. The van der Waals surface area contributed by atoms with E-state index < -0.39 is 10.0 Å². The Morgan fingerprint density at radius 1 is 1.28 bits per heavy atom. The molecule has 2 N–H and O–H groups in total. The minimum Gasteiger partial charge on any atom is -0.398 e. The summed E-state index contributed by atoms with van der Waals surface area (Å²) in [5.74, 6) is 0.424. The van der Waals surface area contributed by atoms with Gasteiger partial charge in [0.15, 0.2) is 0 Å². The van der Waals surface area contributed by atoms with Crippen molar-refractivity contribution in [2.75, 3.05) is 18.8 Å². The molecule has 2 rings (SSSR count). The van der Waals surface area contributed by atoms with E-state index in [1.165, 1.54) is 4.31 Å². The predicted octanol–water partition coefficient (Wildman–Crippen LogP) is 1.92. The Morgan fingerprint density at radius 2 is 1.89 bits per heavy atom. The molecular formula is C13H20N2O2S. The minimum absolute atomic E-state index is 0.250. The summed E-state index contributed by atoms with van der Waals surface area (Å²) in [7, 11) is -3.43. The van der Waals surface area contributed by atoms with Crippen LogP contribution in [0.3, 0.4) is 0 Å². The van der Waals surface area contributed by atoms with Crippen LogP contribution in [0.2, 0.25) is 0 Å². The van der Waals surface area contributed by atoms with Crippen molar-refractivity contribution in [3.63, 3.8) is 0 Å². The third-order valence-electron chi connectivity index (χ3n) is 3.63. The summed E-state index contributed by atoms with van der Waals surface area (Å²) in [5, 5.41) is 0. The van der Waals surface area contributed by atoms with Crippen LogP contribution in [0.4, 0.5) is 5.69 Å². The molecule has 0 radical (unpaired) electrons. The van der Waals surface area contributed by atoms with E-state index in [0.717, 1.165) is 17.5 Å². The highest BCUT2D eigenvalue weighted by atomic mass is 32.2. The first kappa shape index (κ1) is 13.4. The van der Waals surface area contributed by atoms with E-state index in [0.29, 0.717) is 24.7 Å². The number of benzene rings is 1. The molecule has 1 aromatic rings. The second-order valence-electron chi connectivity index (χ2n) is 5.23. The average Bonchev–Trinajstić information content (AvgIpc) is 2.70. The van der Waals surface area contributed by atoms with Crippen LogP contribution in [0.5, 0.6) is 0 Å². The third-order valence-corrected chi connectivity index (χ3v) is 5.55. The minimum atomic E-state index is -3.43. The lowest BCUT2D eigenvalue weighted by Gasteiger charge is -2.18. The number of aryl methyl sites for hydroxylation is 2. The van der Waals surface area contributed by atoms with Gasteiger partial charge in [0, 0.05) is 13.1 Å². The van der Waals surface area contributed by atoms with Crippen molar-refractivity contribution >= 4 is 15.7 Å². The molecule has 0 bridgehead atoms. The molecule has 1 heterocycles. The lowest BCUT2D eigenvalue weighted by molar-refractivity contribution is 0.464. The van der Waals surface area contributed by atoms with Gasteiger partial charge in [-0.05, 0) is 49.4 Å². The smallest absolute Gasteiger partial charge is 0.245 e. The van der Waals surface area contributed by atoms with E-state index in [4.69, 9.17) is 5.73 Å². The highest BCUT2D eigenvalue weighted by Crippen LogP contribution is 2.29. The van der Waals surface area contributed by atoms with Crippen LogP contribution in [0.1, 0.15) is 24.5 Å². The largest absolute Gasteiger partial charge is 0.398 e. The Morgan fingerprint density at radius 3 is 2.44 bits per heavy atom. The highest BCUT2D eigenvalue weighted by molar-refractivity contribution is 7.89. The highest BCUT2D eigenvalue weighted by Gasteiger charge is 2.32. The van der Waals surface area contributed by atoms with E-state index >= 15 is 0 Å². The molecule has 5 heteroatoms. The lowest BCUT2D eigenvalue weighted by atomic mass is 10.1. The molecule has 1 unspecified atom stereocenters. The van der Waals surface area contributed by atoms with Crippen LogP contribution < -0.4 is 5.73 Å². The van der Waals surface area contributed by atoms with E-state index in [1.807, 2.05) is 13.8 Å². The second-order valence-corrected chi connectivity index (χ2v) is 7.14. The Bertz CT molecular complexity index is 567. The SMILES string of the molecule is Cc1cc(N)c(S(=O)(=O)N2CCC(C)C2)cc1C. The molecule has 18 heavy (non-hydrogen) atoms. The summed E-state index contributed by atoms with van der Waals surface area (Å²) >= 11 is 0. The van der Waals surface area contributed by atoms with Gasteiger partial charge in [0.25, 0.3) is 0 Å². The van der Waals surface area contributed by atoms with E-state index in [1.54, 1.807) is 12.1 Å². The Balaban J connectivity index is 2.45. The van der Waals surface area contributed by atoms with E-state index in [-0.39, 0.29) is 4.90 Å². The molecule has 0 aromatic heterocycles. The molecule has 0 saturated carbocycles. The molecule has 0 amide bonds. The summed E-state index contributed by atoms with van der Waals surface area (Å²) in [6.45, 7) is 7.09. The molecule has 0 aliphatic carbocycles. The van der Waals surface area contributed by atoms with Crippen LogP contribution in [-0.2, 0) is 10.0 Å². The van der Waals surface area contributed by atoms with Crippen LogP contribution in [0.25, 0.3) is 0 Å². The van der Waals surface area contributed by atoms with Crippen molar-refractivity contribution in [1.29, 1.82) is 0 Å². The first-order valence-corrected chi connectivity index (χ1v) is 7.63. The van der Waals surface area contributed by atoms with Crippen molar-refractivity contribution < 1.29 is 8.42 Å². The fraction of sp³-hybridized carbons (Fsp3) is 0.538. The maximum atomic E-state index is 12.5. The second kappa shape index (κ2) is 4.55. The number of hydrogen-bond donors (Lipinski definition) is 1. The predicted molar refractivity (Wildman–Crippen MR) is 72.9 cm³/mol. The van der Waals surface area contributed by atoms with Gasteiger partial charge in [-0.15, -0.1) is 0 Å². The number of nitrogen functional groups attached to an aromatic ring is 1. The number of nitrogens with two attached hydrogens (primary N) is 1. The van der Waals surface area contributed by atoms with Crippen LogP contribution in [0.15, 0.2) is 17.0 Å². The lowest BCUT2D eigenvalue weighted by Crippen LogP contribution is -2.29. The van der Waals surface area contributed by atoms with Crippen molar-refractivity contribution in [1.82, 2.24) is 4.31 Å². The fourth-order valence-electron chi connectivity index (χ4n) is 2.29. The first-order valence-electron chi connectivity index (χ1n) is 6.19. The third kappa shape index (κ3) is 2.24. The van der Waals surface area contributed by atoms with Gasteiger partial charge in [0.1, 0.15) is 4.90 Å². The monoisotopic (exact) mass is 268 g/mol. The molecular weight excluding hydrogens is 248 g/mol. The fourth-order valence-corrected chi connectivity index (χ4v) is 4.04. The molecule has 1 saturated heterocycles. The molecule has 1 aliphatic rings. The molecule has 1 aliphatic heterocycles. The summed E-state index contributed by atoms with van der Waals surface area (Å²) in [5.41, 5.74) is 8.19. The molecule has 0 spiro atoms. The average molecular weight is 268 g/mol. The molecule has 1 aromatic carbocycles. The Kier molecular flexibility index (Phi) is 3.38. The van der Waals surface area contributed by atoms with Gasteiger partial charge in [-0.1, -0.05) is 6.92 Å². The Hall–Kier alpha value is -1.07. The van der Waals surface area contributed by atoms with Gasteiger partial charge < -0.3 is 5.73 Å². The van der Waals surface area contributed by atoms with Crippen LogP contribution >= 0.6 is 0 Å². The van der Waals surface area contributed by atoms with Gasteiger partial charge >= 0.3 is 0 Å². The first-order chi connectivity index (χ1) is 8.32. The van der Waals surface area contributed by atoms with Gasteiger partial charge in [0.05, 0.1) is 5.69 Å². The number of nitrogens with zero attached hydrogens (tertiary/aromatic N) is 1. The van der Waals surface area contributed by atoms with Gasteiger partial charge in [-0.2, -0.15) is 4.31 Å². The van der Waals surface area contributed by atoms with Crippen molar-refractivity contribution in [3.8, 4) is 0 Å². The maximum absolute atomic E-state index is 12.5. The zero-order valence-corrected chi connectivity index (χ0v) is 11.9. The van der Waals surface area contributed by atoms with Crippen molar-refractivity contribution in [2.24, 2.45) is 5.92 Å². The summed E-state index contributed by atoms with van der Waals surface area (Å²) < 4.78 is 26.6. The zero-order valence-electron chi connectivity index (χ0n) is 11.1. The molecule has 1 atom stereocenters. The topological polar surface area (TPSA) is 63.4 Å². The summed E-state index contributed by atoms with van der Waals surface area (Å²) in [6.07, 6.45) is 0.921. The zero-order chi connectivity index (χ0) is 13.5. The number of anilines is 1. The van der Waals surface area contributed by atoms with Crippen molar-refractivity contribution in [2.45, 2.75) is 32.1 Å². The van der Waals surface area contributed by atoms with Gasteiger partial charge in [-0.25, -0.2) is 8.42 Å². The molecule has 100 valence electrons. The normalized spacial score (nSPS) is 21.4. The van der Waals surface area contributed by atoms with E-state index in [2.05, 4.69) is 6.92 Å². The van der Waals surface area contributed by atoms with Gasteiger partial charge in [0.2, 0.25) is 10.0 Å². The molecule has 1 fully saturated rings. The molecule has 4 nitrogen and oxygen atoms in total. The summed E-state index contributed by atoms with van der Waals surface area (Å²) in [4.78, 5) is 0.250. The number of sulfonamides is 1. The van der Waals surface area contributed by atoms with Crippen LogP contribution in [0, 0.1) is 19.8 Å². The standard InChI is InChI=1S/C13H20N2O2S/c1-9-4-5-15(8-9)18(16,17)13-7-11(3)10(2)6-12(13)14/h6-7,9H,4-5,8,14H2,1-3H3. The van der Waals surface area contributed by atoms with Crippen LogP contribution in [-0.4, -0.2) is 25.8 Å². The van der Waals surface area contributed by atoms with E-state index in [9.17, 15) is 8.42 Å². The van der Waals surface area contributed by atoms with Crippen molar-refractivity contribution in [3.05, 3.63) is 23.3 Å².